The number of amides is 2. The van der Waals surface area contributed by atoms with E-state index < -0.39 is 0 Å². The summed E-state index contributed by atoms with van der Waals surface area (Å²) >= 11 is 0. The van der Waals surface area contributed by atoms with E-state index in [0.29, 0.717) is 36.4 Å². The zero-order valence-corrected chi connectivity index (χ0v) is 19.5. The number of nitrogens with zero attached hydrogens (tertiary/aromatic N) is 2. The molecule has 5 atom stereocenters. The lowest BCUT2D eigenvalue weighted by molar-refractivity contribution is -0.131. The number of piperidine rings is 1. The van der Waals surface area contributed by atoms with Crippen molar-refractivity contribution in [3.8, 4) is 0 Å². The van der Waals surface area contributed by atoms with Crippen molar-refractivity contribution in [3.63, 3.8) is 0 Å². The van der Waals surface area contributed by atoms with Gasteiger partial charge in [0.25, 0.3) is 5.91 Å². The molecule has 170 valence electrons. The second kappa shape index (κ2) is 9.85. The van der Waals surface area contributed by atoms with Gasteiger partial charge in [-0.25, -0.2) is 0 Å². The van der Waals surface area contributed by atoms with E-state index in [4.69, 9.17) is 0 Å². The van der Waals surface area contributed by atoms with Gasteiger partial charge in [-0.3, -0.25) is 14.6 Å². The van der Waals surface area contributed by atoms with Crippen molar-refractivity contribution < 1.29 is 9.59 Å². The van der Waals surface area contributed by atoms with Crippen LogP contribution in [0.4, 0.5) is 0 Å². The molecule has 2 aromatic rings. The Hall–Kier alpha value is -2.69. The molecule has 2 heterocycles. The van der Waals surface area contributed by atoms with Crippen molar-refractivity contribution in [1.29, 1.82) is 0 Å². The van der Waals surface area contributed by atoms with Gasteiger partial charge in [0.1, 0.15) is 0 Å². The highest BCUT2D eigenvalue weighted by Crippen LogP contribution is 2.39. The topological polar surface area (TPSA) is 62.3 Å². The van der Waals surface area contributed by atoms with Crippen LogP contribution < -0.4 is 5.32 Å². The van der Waals surface area contributed by atoms with Crippen LogP contribution in [-0.4, -0.2) is 40.8 Å². The molecule has 5 unspecified atom stereocenters. The van der Waals surface area contributed by atoms with Crippen molar-refractivity contribution in [2.75, 3.05) is 13.1 Å². The van der Waals surface area contributed by atoms with Gasteiger partial charge in [0.15, 0.2) is 0 Å². The van der Waals surface area contributed by atoms with E-state index in [-0.39, 0.29) is 23.8 Å². The number of carbonyl (C=O) groups is 2. The van der Waals surface area contributed by atoms with Gasteiger partial charge in [-0.05, 0) is 67.2 Å². The number of aromatic nitrogens is 1. The smallest absolute Gasteiger partial charge is 0.255 e. The van der Waals surface area contributed by atoms with Gasteiger partial charge < -0.3 is 10.2 Å². The second-order valence-electron chi connectivity index (χ2n) is 9.81. The Bertz CT molecular complexity index is 945. The standard InChI is InChI=1S/C27H35N3O2/c1-18-10-11-22-15-24(26(31)29-25(22)20(18)3)17-30(27(32)23-9-6-13-28-16-23)14-12-21-8-5-4-7-19(21)2/h4-9,13,16,18,20,22,24-25H,10-12,14-15,17H2,1-3H3,(H,29,31). The number of benzene rings is 1. The Morgan fingerprint density at radius 3 is 2.72 bits per heavy atom. The number of fused-ring (bicyclic) bond motifs is 1. The lowest BCUT2D eigenvalue weighted by Crippen LogP contribution is -2.57. The number of hydrogen-bond acceptors (Lipinski definition) is 3. The predicted octanol–water partition coefficient (Wildman–Crippen LogP) is 4.26. The maximum Gasteiger partial charge on any atom is 0.255 e. The van der Waals surface area contributed by atoms with E-state index in [0.717, 1.165) is 19.3 Å². The fraction of sp³-hybridized carbons (Fsp3) is 0.519. The van der Waals surface area contributed by atoms with Crippen LogP contribution in [0.25, 0.3) is 0 Å². The number of hydrogen-bond donors (Lipinski definition) is 1. The van der Waals surface area contributed by atoms with Gasteiger partial charge in [0.05, 0.1) is 11.5 Å². The van der Waals surface area contributed by atoms with Gasteiger partial charge >= 0.3 is 0 Å². The fourth-order valence-corrected chi connectivity index (χ4v) is 5.49. The normalized spacial score (nSPS) is 27.3. The maximum atomic E-state index is 13.4. The molecule has 4 rings (SSSR count). The van der Waals surface area contributed by atoms with Crippen molar-refractivity contribution >= 4 is 11.8 Å². The molecule has 0 radical (unpaired) electrons. The molecular formula is C27H35N3O2. The molecular weight excluding hydrogens is 398 g/mol. The summed E-state index contributed by atoms with van der Waals surface area (Å²) in [7, 11) is 0. The second-order valence-corrected chi connectivity index (χ2v) is 9.81. The van der Waals surface area contributed by atoms with E-state index in [1.54, 1.807) is 24.5 Å². The molecule has 1 N–H and O–H groups in total. The van der Waals surface area contributed by atoms with E-state index in [1.165, 1.54) is 17.5 Å². The largest absolute Gasteiger partial charge is 0.353 e. The van der Waals surface area contributed by atoms with E-state index in [9.17, 15) is 9.59 Å². The molecule has 1 aliphatic carbocycles. The van der Waals surface area contributed by atoms with E-state index in [2.05, 4.69) is 43.2 Å². The molecule has 2 amide bonds. The first-order valence-electron chi connectivity index (χ1n) is 12.0. The van der Waals surface area contributed by atoms with Crippen molar-refractivity contribution in [2.45, 2.75) is 52.5 Å². The summed E-state index contributed by atoms with van der Waals surface area (Å²) in [6, 6.07) is 12.2. The molecule has 1 aliphatic heterocycles. The minimum atomic E-state index is -0.158. The zero-order chi connectivity index (χ0) is 22.7. The van der Waals surface area contributed by atoms with Crippen molar-refractivity contribution in [3.05, 3.63) is 65.5 Å². The molecule has 1 aromatic carbocycles. The number of carbonyl (C=O) groups excluding carboxylic acids is 2. The molecule has 0 spiro atoms. The molecule has 2 aliphatic rings. The van der Waals surface area contributed by atoms with Crippen molar-refractivity contribution in [1.82, 2.24) is 15.2 Å². The lowest BCUT2D eigenvalue weighted by Gasteiger charge is -2.46. The van der Waals surface area contributed by atoms with Gasteiger partial charge in [-0.2, -0.15) is 0 Å². The highest BCUT2D eigenvalue weighted by Gasteiger charge is 2.42. The van der Waals surface area contributed by atoms with Crippen LogP contribution >= 0.6 is 0 Å². The minimum absolute atomic E-state index is 0.0488. The average molecular weight is 434 g/mol. The highest BCUT2D eigenvalue weighted by atomic mass is 16.2. The summed E-state index contributed by atoms with van der Waals surface area (Å²) in [5.41, 5.74) is 3.04. The predicted molar refractivity (Wildman–Crippen MR) is 126 cm³/mol. The first kappa shape index (κ1) is 22.5. The van der Waals surface area contributed by atoms with Crippen LogP contribution in [0.15, 0.2) is 48.8 Å². The fourth-order valence-electron chi connectivity index (χ4n) is 5.49. The monoisotopic (exact) mass is 433 g/mol. The zero-order valence-electron chi connectivity index (χ0n) is 19.5. The Morgan fingerprint density at radius 1 is 1.16 bits per heavy atom. The first-order chi connectivity index (χ1) is 15.4. The molecule has 1 saturated carbocycles. The lowest BCUT2D eigenvalue weighted by atomic mass is 9.67. The van der Waals surface area contributed by atoms with Crippen LogP contribution in [-0.2, 0) is 11.2 Å². The summed E-state index contributed by atoms with van der Waals surface area (Å²) in [5, 5.41) is 3.33. The number of aryl methyl sites for hydroxylation is 1. The molecule has 1 saturated heterocycles. The van der Waals surface area contributed by atoms with Crippen LogP contribution in [0.2, 0.25) is 0 Å². The molecule has 2 fully saturated rings. The van der Waals surface area contributed by atoms with Gasteiger partial charge in [-0.15, -0.1) is 0 Å². The summed E-state index contributed by atoms with van der Waals surface area (Å²) < 4.78 is 0. The Labute approximate surface area is 191 Å². The van der Waals surface area contributed by atoms with Crippen molar-refractivity contribution in [2.24, 2.45) is 23.7 Å². The number of rotatable bonds is 6. The minimum Gasteiger partial charge on any atom is -0.353 e. The quantitative estimate of drug-likeness (QED) is 0.740. The molecule has 5 heteroatoms. The summed E-state index contributed by atoms with van der Waals surface area (Å²) in [6.07, 6.45) is 7.31. The molecule has 1 aromatic heterocycles. The molecule has 0 bridgehead atoms. The van der Waals surface area contributed by atoms with Gasteiger partial charge in [-0.1, -0.05) is 44.5 Å². The first-order valence-corrected chi connectivity index (χ1v) is 12.0. The number of nitrogens with one attached hydrogen (secondary N) is 1. The summed E-state index contributed by atoms with van der Waals surface area (Å²) in [4.78, 5) is 32.4. The summed E-state index contributed by atoms with van der Waals surface area (Å²) in [6.45, 7) is 7.70. The summed E-state index contributed by atoms with van der Waals surface area (Å²) in [5.74, 6) is 1.56. The third kappa shape index (κ3) is 4.87. The van der Waals surface area contributed by atoms with Crippen LogP contribution in [0.1, 0.15) is 54.6 Å². The van der Waals surface area contributed by atoms with Crippen LogP contribution in [0.3, 0.4) is 0 Å². The SMILES string of the molecule is Cc1ccccc1CCN(CC1CC2CCC(C)C(C)C2NC1=O)C(=O)c1cccnc1. The number of pyridine rings is 1. The Balaban J connectivity index is 1.50. The van der Waals surface area contributed by atoms with E-state index in [1.807, 2.05) is 17.0 Å². The maximum absolute atomic E-state index is 13.4. The average Bonchev–Trinajstić information content (AvgIpc) is 2.81. The third-order valence-corrected chi connectivity index (χ3v) is 7.78. The van der Waals surface area contributed by atoms with E-state index >= 15 is 0 Å². The van der Waals surface area contributed by atoms with Crippen LogP contribution in [0, 0.1) is 30.6 Å². The molecule has 32 heavy (non-hydrogen) atoms. The Kier molecular flexibility index (Phi) is 6.92. The third-order valence-electron chi connectivity index (χ3n) is 7.78. The van der Waals surface area contributed by atoms with Gasteiger partial charge in [0, 0.05) is 31.5 Å². The van der Waals surface area contributed by atoms with Crippen LogP contribution in [0.5, 0.6) is 0 Å². The highest BCUT2D eigenvalue weighted by molar-refractivity contribution is 5.94. The molecule has 5 nitrogen and oxygen atoms in total. The Morgan fingerprint density at radius 2 is 1.97 bits per heavy atom. The van der Waals surface area contributed by atoms with Gasteiger partial charge in [0.2, 0.25) is 5.91 Å².